The van der Waals surface area contributed by atoms with Gasteiger partial charge in [-0.25, -0.2) is 0 Å². The standard InChI is InChI=1S/C16H19N3O4/c1-10-9-14(23-18-10)15(20)17-12-3-6-19(7-4-12)16(21)13-5-8-22-11(13)2/h5,8-9,12H,3-4,6-7H2,1-2H3,(H,17,20). The normalized spacial score (nSPS) is 15.7. The van der Waals surface area contributed by atoms with Crippen LogP contribution in [0.4, 0.5) is 0 Å². The molecule has 7 nitrogen and oxygen atoms in total. The minimum atomic E-state index is -0.263. The summed E-state index contributed by atoms with van der Waals surface area (Å²) in [5.41, 5.74) is 1.27. The van der Waals surface area contributed by atoms with E-state index in [1.165, 1.54) is 6.26 Å². The lowest BCUT2D eigenvalue weighted by molar-refractivity contribution is 0.0693. The average molecular weight is 317 g/mol. The average Bonchev–Trinajstić information content (AvgIpc) is 3.16. The Bertz CT molecular complexity index is 710. The highest BCUT2D eigenvalue weighted by Gasteiger charge is 2.26. The van der Waals surface area contributed by atoms with Crippen LogP contribution in [0.25, 0.3) is 0 Å². The van der Waals surface area contributed by atoms with Crippen LogP contribution in [-0.2, 0) is 0 Å². The Labute approximate surface area is 133 Å². The molecule has 3 rings (SSSR count). The van der Waals surface area contributed by atoms with Gasteiger partial charge in [0.05, 0.1) is 17.5 Å². The third-order valence-corrected chi connectivity index (χ3v) is 4.06. The predicted molar refractivity (Wildman–Crippen MR) is 81.1 cm³/mol. The molecule has 2 amide bonds. The van der Waals surface area contributed by atoms with E-state index in [1.54, 1.807) is 30.9 Å². The minimum Gasteiger partial charge on any atom is -0.469 e. The molecular weight excluding hydrogens is 298 g/mol. The fourth-order valence-electron chi connectivity index (χ4n) is 2.73. The molecule has 1 aliphatic heterocycles. The van der Waals surface area contributed by atoms with Crippen LogP contribution in [0.1, 0.15) is 45.2 Å². The molecule has 0 unspecified atom stereocenters. The molecule has 0 bridgehead atoms. The van der Waals surface area contributed by atoms with Gasteiger partial charge in [-0.3, -0.25) is 9.59 Å². The zero-order valence-electron chi connectivity index (χ0n) is 13.2. The zero-order chi connectivity index (χ0) is 16.4. The molecule has 1 aliphatic rings. The Kier molecular flexibility index (Phi) is 4.18. The van der Waals surface area contributed by atoms with Gasteiger partial charge in [-0.15, -0.1) is 0 Å². The number of amides is 2. The zero-order valence-corrected chi connectivity index (χ0v) is 13.2. The van der Waals surface area contributed by atoms with Crippen LogP contribution in [0.3, 0.4) is 0 Å². The van der Waals surface area contributed by atoms with Gasteiger partial charge in [-0.05, 0) is 32.8 Å². The molecule has 3 heterocycles. The van der Waals surface area contributed by atoms with Gasteiger partial charge >= 0.3 is 0 Å². The molecule has 0 radical (unpaired) electrons. The summed E-state index contributed by atoms with van der Waals surface area (Å²) in [6.07, 6.45) is 2.94. The summed E-state index contributed by atoms with van der Waals surface area (Å²) in [7, 11) is 0. The first kappa shape index (κ1) is 15.3. The molecule has 122 valence electrons. The number of carbonyl (C=O) groups is 2. The van der Waals surface area contributed by atoms with Crippen LogP contribution in [0.2, 0.25) is 0 Å². The Morgan fingerprint density at radius 2 is 2.04 bits per heavy atom. The van der Waals surface area contributed by atoms with Gasteiger partial charge in [0.1, 0.15) is 5.76 Å². The second-order valence-electron chi connectivity index (χ2n) is 5.76. The SMILES string of the molecule is Cc1cc(C(=O)NC2CCN(C(=O)c3ccoc3C)CC2)on1. The molecule has 7 heteroatoms. The van der Waals surface area contributed by atoms with Crippen molar-refractivity contribution in [3.63, 3.8) is 0 Å². The van der Waals surface area contributed by atoms with Crippen molar-refractivity contribution in [1.29, 1.82) is 0 Å². The van der Waals surface area contributed by atoms with Crippen molar-refractivity contribution in [2.24, 2.45) is 0 Å². The number of aromatic nitrogens is 1. The lowest BCUT2D eigenvalue weighted by atomic mass is 10.0. The van der Waals surface area contributed by atoms with Crippen LogP contribution in [0, 0.1) is 13.8 Å². The molecule has 2 aromatic heterocycles. The van der Waals surface area contributed by atoms with Crippen molar-refractivity contribution in [3.05, 3.63) is 41.2 Å². The van der Waals surface area contributed by atoms with E-state index in [9.17, 15) is 9.59 Å². The van der Waals surface area contributed by atoms with Crippen LogP contribution in [-0.4, -0.2) is 41.0 Å². The van der Waals surface area contributed by atoms with Crippen molar-refractivity contribution in [3.8, 4) is 0 Å². The second-order valence-corrected chi connectivity index (χ2v) is 5.76. The van der Waals surface area contributed by atoms with E-state index in [0.29, 0.717) is 42.9 Å². The van der Waals surface area contributed by atoms with E-state index in [2.05, 4.69) is 10.5 Å². The van der Waals surface area contributed by atoms with Crippen molar-refractivity contribution in [1.82, 2.24) is 15.4 Å². The summed E-state index contributed by atoms with van der Waals surface area (Å²) in [5, 5.41) is 6.63. The lowest BCUT2D eigenvalue weighted by Crippen LogP contribution is -2.46. The van der Waals surface area contributed by atoms with E-state index in [0.717, 1.165) is 0 Å². The maximum Gasteiger partial charge on any atom is 0.290 e. The Hall–Kier alpha value is -2.57. The highest BCUT2D eigenvalue weighted by atomic mass is 16.5. The first-order chi connectivity index (χ1) is 11.0. The molecule has 0 aromatic carbocycles. The first-order valence-electron chi connectivity index (χ1n) is 7.62. The van der Waals surface area contributed by atoms with Gasteiger partial charge in [0, 0.05) is 25.2 Å². The maximum absolute atomic E-state index is 12.4. The number of aryl methyl sites for hydroxylation is 2. The molecule has 1 N–H and O–H groups in total. The van der Waals surface area contributed by atoms with E-state index in [1.807, 2.05) is 0 Å². The second kappa shape index (κ2) is 6.28. The molecule has 2 aromatic rings. The van der Waals surface area contributed by atoms with E-state index >= 15 is 0 Å². The summed E-state index contributed by atoms with van der Waals surface area (Å²) in [4.78, 5) is 26.2. The number of nitrogens with one attached hydrogen (secondary N) is 1. The van der Waals surface area contributed by atoms with Gasteiger partial charge in [0.2, 0.25) is 5.76 Å². The number of carbonyl (C=O) groups excluding carboxylic acids is 2. The smallest absolute Gasteiger partial charge is 0.290 e. The van der Waals surface area contributed by atoms with E-state index in [-0.39, 0.29) is 23.6 Å². The fraction of sp³-hybridized carbons (Fsp3) is 0.438. The Balaban J connectivity index is 1.53. The number of rotatable bonds is 3. The third kappa shape index (κ3) is 3.28. The largest absolute Gasteiger partial charge is 0.469 e. The number of hydrogen-bond acceptors (Lipinski definition) is 5. The van der Waals surface area contributed by atoms with Crippen LogP contribution < -0.4 is 5.32 Å². The molecule has 23 heavy (non-hydrogen) atoms. The van der Waals surface area contributed by atoms with Gasteiger partial charge in [-0.1, -0.05) is 5.16 Å². The lowest BCUT2D eigenvalue weighted by Gasteiger charge is -2.32. The topological polar surface area (TPSA) is 88.6 Å². The van der Waals surface area contributed by atoms with E-state index in [4.69, 9.17) is 8.94 Å². The highest BCUT2D eigenvalue weighted by Crippen LogP contribution is 2.17. The molecular formula is C16H19N3O4. The maximum atomic E-state index is 12.4. The molecule has 0 aliphatic carbocycles. The molecule has 1 fully saturated rings. The van der Waals surface area contributed by atoms with Gasteiger partial charge in [0.15, 0.2) is 0 Å². The number of nitrogens with zero attached hydrogens (tertiary/aromatic N) is 2. The summed E-state index contributed by atoms with van der Waals surface area (Å²) in [6.45, 7) is 4.75. The summed E-state index contributed by atoms with van der Waals surface area (Å²) < 4.78 is 10.1. The number of likely N-dealkylation sites (tertiary alicyclic amines) is 1. The van der Waals surface area contributed by atoms with Crippen molar-refractivity contribution in [2.45, 2.75) is 32.7 Å². The van der Waals surface area contributed by atoms with Gasteiger partial charge in [0.25, 0.3) is 11.8 Å². The Morgan fingerprint density at radius 1 is 1.30 bits per heavy atom. The van der Waals surface area contributed by atoms with Crippen molar-refractivity contribution < 1.29 is 18.5 Å². The van der Waals surface area contributed by atoms with Gasteiger partial charge < -0.3 is 19.2 Å². The highest BCUT2D eigenvalue weighted by molar-refractivity contribution is 5.95. The van der Waals surface area contributed by atoms with Crippen LogP contribution in [0.15, 0.2) is 27.3 Å². The number of piperidine rings is 1. The predicted octanol–water partition coefficient (Wildman–Crippen LogP) is 1.92. The van der Waals surface area contributed by atoms with Crippen LogP contribution >= 0.6 is 0 Å². The van der Waals surface area contributed by atoms with Crippen LogP contribution in [0.5, 0.6) is 0 Å². The number of furan rings is 1. The number of hydrogen-bond donors (Lipinski definition) is 1. The quantitative estimate of drug-likeness (QED) is 0.934. The molecule has 1 saturated heterocycles. The fourth-order valence-corrected chi connectivity index (χ4v) is 2.73. The van der Waals surface area contributed by atoms with Crippen molar-refractivity contribution >= 4 is 11.8 Å². The minimum absolute atomic E-state index is 0.0214. The third-order valence-electron chi connectivity index (χ3n) is 4.06. The van der Waals surface area contributed by atoms with Gasteiger partial charge in [-0.2, -0.15) is 0 Å². The van der Waals surface area contributed by atoms with E-state index < -0.39 is 0 Å². The van der Waals surface area contributed by atoms with Crippen molar-refractivity contribution in [2.75, 3.05) is 13.1 Å². The Morgan fingerprint density at radius 3 is 2.61 bits per heavy atom. The summed E-state index contributed by atoms with van der Waals surface area (Å²) in [6, 6.07) is 3.33. The monoisotopic (exact) mass is 317 g/mol. The molecule has 0 spiro atoms. The molecule has 0 saturated carbocycles. The first-order valence-corrected chi connectivity index (χ1v) is 7.62. The molecule has 0 atom stereocenters. The summed E-state index contributed by atoms with van der Waals surface area (Å²) >= 11 is 0. The summed E-state index contributed by atoms with van der Waals surface area (Å²) in [5.74, 6) is 0.564.